The van der Waals surface area contributed by atoms with E-state index in [-0.39, 0.29) is 21.8 Å². The van der Waals surface area contributed by atoms with Gasteiger partial charge in [0, 0.05) is 23.5 Å². The van der Waals surface area contributed by atoms with Gasteiger partial charge in [0.2, 0.25) is 0 Å². The number of halogens is 2. The summed E-state index contributed by atoms with van der Waals surface area (Å²) in [5.41, 5.74) is 4.08. The number of aryl methyl sites for hydroxylation is 2. The average molecular weight is 328 g/mol. The number of benzene rings is 1. The molecule has 21 heavy (non-hydrogen) atoms. The molecule has 0 fully saturated rings. The molecule has 6 heteroatoms. The number of anilines is 1. The standard InChI is InChI=1S/C15H19Cl2N3O/c1-5-20-10(4)14(9(3)19-20)8(2)18-11-6-12(16)15(21)13(17)7-11/h6-8,18,21H,5H2,1-4H3. The highest BCUT2D eigenvalue weighted by molar-refractivity contribution is 6.37. The van der Waals surface area contributed by atoms with Gasteiger partial charge < -0.3 is 10.4 Å². The van der Waals surface area contributed by atoms with Crippen LogP contribution < -0.4 is 5.32 Å². The molecule has 0 bridgehead atoms. The zero-order valence-corrected chi connectivity index (χ0v) is 14.0. The fraction of sp³-hybridized carbons (Fsp3) is 0.400. The molecule has 0 amide bonds. The lowest BCUT2D eigenvalue weighted by atomic mass is 10.1. The Morgan fingerprint density at radius 1 is 1.29 bits per heavy atom. The van der Waals surface area contributed by atoms with Crippen molar-refractivity contribution in [3.63, 3.8) is 0 Å². The van der Waals surface area contributed by atoms with E-state index < -0.39 is 0 Å². The van der Waals surface area contributed by atoms with Crippen LogP contribution in [0.3, 0.4) is 0 Å². The molecule has 0 aliphatic carbocycles. The van der Waals surface area contributed by atoms with Gasteiger partial charge in [-0.1, -0.05) is 23.2 Å². The summed E-state index contributed by atoms with van der Waals surface area (Å²) in [5, 5.41) is 17.9. The molecule has 2 N–H and O–H groups in total. The van der Waals surface area contributed by atoms with Gasteiger partial charge in [0.1, 0.15) is 0 Å². The molecule has 1 aromatic heterocycles. The van der Waals surface area contributed by atoms with Crippen molar-refractivity contribution in [1.82, 2.24) is 9.78 Å². The van der Waals surface area contributed by atoms with Gasteiger partial charge in [-0.2, -0.15) is 5.10 Å². The van der Waals surface area contributed by atoms with Crippen LogP contribution >= 0.6 is 23.2 Å². The van der Waals surface area contributed by atoms with Gasteiger partial charge >= 0.3 is 0 Å². The first-order valence-electron chi connectivity index (χ1n) is 6.83. The summed E-state index contributed by atoms with van der Waals surface area (Å²) < 4.78 is 1.99. The SMILES string of the molecule is CCn1nc(C)c(C(C)Nc2cc(Cl)c(O)c(Cl)c2)c1C. The number of phenols is 1. The Morgan fingerprint density at radius 3 is 2.33 bits per heavy atom. The molecule has 4 nitrogen and oxygen atoms in total. The Morgan fingerprint density at radius 2 is 1.86 bits per heavy atom. The van der Waals surface area contributed by atoms with E-state index in [1.165, 1.54) is 0 Å². The largest absolute Gasteiger partial charge is 0.505 e. The predicted octanol–water partition coefficient (Wildman–Crippen LogP) is 4.71. The smallest absolute Gasteiger partial charge is 0.152 e. The molecule has 0 aliphatic heterocycles. The van der Waals surface area contributed by atoms with Crippen molar-refractivity contribution in [3.8, 4) is 5.75 Å². The minimum absolute atomic E-state index is 0.0574. The van der Waals surface area contributed by atoms with Crippen molar-refractivity contribution in [2.24, 2.45) is 0 Å². The fourth-order valence-electron chi connectivity index (χ4n) is 2.62. The Bertz CT molecular complexity index is 644. The summed E-state index contributed by atoms with van der Waals surface area (Å²) >= 11 is 11.9. The topological polar surface area (TPSA) is 50.1 Å². The minimum Gasteiger partial charge on any atom is -0.505 e. The Labute approximate surface area is 134 Å². The predicted molar refractivity (Wildman–Crippen MR) is 87.5 cm³/mol. The third-order valence-corrected chi connectivity index (χ3v) is 4.15. The Balaban J connectivity index is 2.30. The van der Waals surface area contributed by atoms with Crippen molar-refractivity contribution in [3.05, 3.63) is 39.1 Å². The maximum absolute atomic E-state index is 9.60. The molecule has 2 rings (SSSR count). The quantitative estimate of drug-likeness (QED) is 0.800. The molecular formula is C15H19Cl2N3O. The van der Waals surface area contributed by atoms with E-state index in [2.05, 4.69) is 31.2 Å². The molecule has 114 valence electrons. The highest BCUT2D eigenvalue weighted by Crippen LogP contribution is 2.36. The maximum Gasteiger partial charge on any atom is 0.152 e. The number of aromatic hydroxyl groups is 1. The molecule has 0 saturated heterocycles. The van der Waals surface area contributed by atoms with Crippen LogP contribution in [0.2, 0.25) is 10.0 Å². The van der Waals surface area contributed by atoms with Crippen molar-refractivity contribution >= 4 is 28.9 Å². The first kappa shape index (κ1) is 16.0. The first-order chi connectivity index (χ1) is 9.85. The van der Waals surface area contributed by atoms with Gasteiger partial charge in [-0.05, 0) is 39.8 Å². The van der Waals surface area contributed by atoms with Gasteiger partial charge in [0.25, 0.3) is 0 Å². The molecule has 1 aromatic carbocycles. The second kappa shape index (κ2) is 6.16. The van der Waals surface area contributed by atoms with Gasteiger partial charge in [0.05, 0.1) is 21.8 Å². The fourth-order valence-corrected chi connectivity index (χ4v) is 3.10. The Kier molecular flexibility index (Phi) is 4.69. The maximum atomic E-state index is 9.60. The van der Waals surface area contributed by atoms with Crippen molar-refractivity contribution in [2.75, 3.05) is 5.32 Å². The summed E-state index contributed by atoms with van der Waals surface area (Å²) in [6.07, 6.45) is 0. The normalized spacial score (nSPS) is 12.5. The summed E-state index contributed by atoms with van der Waals surface area (Å²) in [7, 11) is 0. The second-order valence-corrected chi connectivity index (χ2v) is 5.87. The highest BCUT2D eigenvalue weighted by atomic mass is 35.5. The molecule has 1 heterocycles. The van der Waals surface area contributed by atoms with Crippen molar-refractivity contribution in [2.45, 2.75) is 40.3 Å². The Hall–Kier alpha value is -1.39. The first-order valence-corrected chi connectivity index (χ1v) is 7.59. The number of nitrogens with one attached hydrogen (secondary N) is 1. The number of aromatic nitrogens is 2. The second-order valence-electron chi connectivity index (χ2n) is 5.05. The van der Waals surface area contributed by atoms with Crippen LogP contribution in [0.15, 0.2) is 12.1 Å². The van der Waals surface area contributed by atoms with E-state index in [0.717, 1.165) is 29.2 Å². The lowest BCUT2D eigenvalue weighted by Crippen LogP contribution is -2.09. The van der Waals surface area contributed by atoms with E-state index in [4.69, 9.17) is 23.2 Å². The monoisotopic (exact) mass is 327 g/mol. The van der Waals surface area contributed by atoms with Gasteiger partial charge in [-0.3, -0.25) is 4.68 Å². The van der Waals surface area contributed by atoms with Crippen LogP contribution in [0, 0.1) is 13.8 Å². The van der Waals surface area contributed by atoms with E-state index in [0.29, 0.717) is 0 Å². The summed E-state index contributed by atoms with van der Waals surface area (Å²) in [5.74, 6) is -0.0947. The van der Waals surface area contributed by atoms with Gasteiger partial charge in [-0.25, -0.2) is 0 Å². The molecule has 1 unspecified atom stereocenters. The van der Waals surface area contributed by atoms with E-state index in [1.807, 2.05) is 11.6 Å². The minimum atomic E-state index is -0.0947. The lowest BCUT2D eigenvalue weighted by Gasteiger charge is -2.17. The summed E-state index contributed by atoms with van der Waals surface area (Å²) in [6.45, 7) is 9.04. The lowest BCUT2D eigenvalue weighted by molar-refractivity contribution is 0.476. The van der Waals surface area contributed by atoms with Gasteiger partial charge in [0.15, 0.2) is 5.75 Å². The number of nitrogens with zero attached hydrogens (tertiary/aromatic N) is 2. The van der Waals surface area contributed by atoms with E-state index in [9.17, 15) is 5.11 Å². The van der Waals surface area contributed by atoms with E-state index in [1.54, 1.807) is 12.1 Å². The molecule has 0 saturated carbocycles. The van der Waals surface area contributed by atoms with Crippen LogP contribution in [0.4, 0.5) is 5.69 Å². The van der Waals surface area contributed by atoms with Crippen LogP contribution in [0.1, 0.15) is 36.8 Å². The number of hydrogen-bond acceptors (Lipinski definition) is 3. The molecule has 0 radical (unpaired) electrons. The van der Waals surface area contributed by atoms with E-state index >= 15 is 0 Å². The molecule has 0 spiro atoms. The highest BCUT2D eigenvalue weighted by Gasteiger charge is 2.17. The van der Waals surface area contributed by atoms with Crippen LogP contribution in [-0.4, -0.2) is 14.9 Å². The third kappa shape index (κ3) is 3.11. The molecular weight excluding hydrogens is 309 g/mol. The summed E-state index contributed by atoms with van der Waals surface area (Å²) in [4.78, 5) is 0. The van der Waals surface area contributed by atoms with Crippen LogP contribution in [-0.2, 0) is 6.54 Å². The van der Waals surface area contributed by atoms with Crippen LogP contribution in [0.5, 0.6) is 5.75 Å². The zero-order valence-electron chi connectivity index (χ0n) is 12.5. The summed E-state index contributed by atoms with van der Waals surface area (Å²) in [6, 6.07) is 3.38. The van der Waals surface area contributed by atoms with Gasteiger partial charge in [-0.15, -0.1) is 0 Å². The van der Waals surface area contributed by atoms with Crippen molar-refractivity contribution < 1.29 is 5.11 Å². The third-order valence-electron chi connectivity index (χ3n) is 3.57. The number of hydrogen-bond donors (Lipinski definition) is 2. The molecule has 2 aromatic rings. The zero-order chi connectivity index (χ0) is 15.7. The number of rotatable bonds is 4. The van der Waals surface area contributed by atoms with Crippen molar-refractivity contribution in [1.29, 1.82) is 0 Å². The average Bonchev–Trinajstić information content (AvgIpc) is 2.70. The van der Waals surface area contributed by atoms with Crippen LogP contribution in [0.25, 0.3) is 0 Å². The number of phenolic OH excluding ortho intramolecular Hbond substituents is 1. The molecule has 1 atom stereocenters. The molecule has 0 aliphatic rings.